The van der Waals surface area contributed by atoms with E-state index in [0.717, 1.165) is 5.56 Å². The van der Waals surface area contributed by atoms with E-state index in [9.17, 15) is 24.3 Å². The van der Waals surface area contributed by atoms with Crippen LogP contribution in [0.2, 0.25) is 0 Å². The number of likely N-dealkylation sites (tertiary alicyclic amines) is 1. The number of carboxylic acids is 1. The van der Waals surface area contributed by atoms with Crippen molar-refractivity contribution < 1.29 is 39.2 Å². The second-order valence-electron chi connectivity index (χ2n) is 10.7. The van der Waals surface area contributed by atoms with E-state index in [-0.39, 0.29) is 30.3 Å². The molecule has 0 aromatic heterocycles. The van der Waals surface area contributed by atoms with E-state index in [1.165, 1.54) is 4.90 Å². The summed E-state index contributed by atoms with van der Waals surface area (Å²) in [5, 5.41) is 29.4. The highest BCUT2D eigenvalue weighted by Crippen LogP contribution is 2.22. The first-order chi connectivity index (χ1) is 17.8. The van der Waals surface area contributed by atoms with Crippen molar-refractivity contribution in [2.24, 2.45) is 17.8 Å². The van der Waals surface area contributed by atoms with Gasteiger partial charge in [-0.15, -0.1) is 0 Å². The summed E-state index contributed by atoms with van der Waals surface area (Å²) in [5.74, 6) is -2.75. The third-order valence-corrected chi connectivity index (χ3v) is 6.14. The number of aliphatic hydroxyl groups is 2. The number of benzene rings is 1. The number of hydrogen-bond acceptors (Lipinski definition) is 7. The Kier molecular flexibility index (Phi) is 14.0. The summed E-state index contributed by atoms with van der Waals surface area (Å²) in [5.41, 5.74) is 0.884. The Morgan fingerprint density at radius 2 is 1.55 bits per heavy atom. The summed E-state index contributed by atoms with van der Waals surface area (Å²) in [7, 11) is 0. The molecule has 1 aromatic carbocycles. The van der Waals surface area contributed by atoms with Crippen molar-refractivity contribution in [3.8, 4) is 0 Å². The number of carbonyl (C=O) groups excluding carboxylic acids is 3. The van der Waals surface area contributed by atoms with Crippen molar-refractivity contribution in [1.29, 1.82) is 0 Å². The molecule has 214 valence electrons. The van der Waals surface area contributed by atoms with E-state index in [0.29, 0.717) is 25.8 Å². The number of aliphatic carboxylic acids is 1. The first kappa shape index (κ1) is 33.0. The van der Waals surface area contributed by atoms with Crippen molar-refractivity contribution in [3.05, 3.63) is 35.9 Å². The molecule has 4 N–H and O–H groups in total. The normalized spacial score (nSPS) is 17.4. The molecule has 10 nitrogen and oxygen atoms in total. The number of ether oxygens (including phenoxy) is 1. The molecule has 0 radical (unpaired) electrons. The minimum atomic E-state index is -1.21. The minimum absolute atomic E-state index is 0.154. The van der Waals surface area contributed by atoms with E-state index in [2.05, 4.69) is 5.32 Å². The van der Waals surface area contributed by atoms with Crippen molar-refractivity contribution in [1.82, 2.24) is 10.2 Å². The highest BCUT2D eigenvalue weighted by atomic mass is 16.5. The number of nitrogens with one attached hydrogen (secondary N) is 1. The number of amides is 2. The number of esters is 1. The summed E-state index contributed by atoms with van der Waals surface area (Å²) < 4.78 is 5.44. The van der Waals surface area contributed by atoms with E-state index < -0.39 is 42.1 Å². The van der Waals surface area contributed by atoms with Gasteiger partial charge in [-0.1, -0.05) is 71.9 Å². The fourth-order valence-electron chi connectivity index (χ4n) is 3.84. The third kappa shape index (κ3) is 10.8. The largest absolute Gasteiger partial charge is 0.479 e. The molecule has 4 atom stereocenters. The Morgan fingerprint density at radius 1 is 0.974 bits per heavy atom. The molecule has 10 heteroatoms. The predicted octanol–water partition coefficient (Wildman–Crippen LogP) is 2.36. The van der Waals surface area contributed by atoms with Crippen LogP contribution in [0.1, 0.15) is 66.4 Å². The number of nitrogens with zero attached hydrogens (tertiary/aromatic N) is 1. The van der Waals surface area contributed by atoms with Crippen molar-refractivity contribution >= 4 is 23.8 Å². The number of carbonyl (C=O) groups is 4. The molecule has 1 aliphatic rings. The second kappa shape index (κ2) is 16.1. The molecule has 1 fully saturated rings. The van der Waals surface area contributed by atoms with E-state index in [4.69, 9.17) is 14.9 Å². The fraction of sp³-hybridized carbons (Fsp3) is 0.643. The first-order valence-corrected chi connectivity index (χ1v) is 13.2. The summed E-state index contributed by atoms with van der Waals surface area (Å²) in [4.78, 5) is 49.6. The lowest BCUT2D eigenvalue weighted by atomic mass is 10.0. The van der Waals surface area contributed by atoms with Gasteiger partial charge < -0.3 is 30.3 Å². The highest BCUT2D eigenvalue weighted by Gasteiger charge is 2.39. The topological polar surface area (TPSA) is 153 Å². The summed E-state index contributed by atoms with van der Waals surface area (Å²) in [6, 6.07) is 7.95. The molecular weight excluding hydrogens is 492 g/mol. The van der Waals surface area contributed by atoms with Crippen LogP contribution in [0.25, 0.3) is 0 Å². The standard InChI is InChI=1S/C23H34N2O5.C5H10O3/c1-15(2)13-18(24-21(27)20(26)16(3)4)22(28)25-12-8-11-19(25)23(29)30-14-17-9-6-5-7-10-17;1-3(2)4(6)5(7)8/h5-7,9-10,15-16,18-20,26H,8,11-14H2,1-4H3,(H,24,27);3-4,6H,1-2H3,(H,7,8)/t18-,19-,20-;4-/m00/s1. The van der Waals surface area contributed by atoms with Crippen LogP contribution in [0, 0.1) is 17.8 Å². The van der Waals surface area contributed by atoms with Crippen LogP contribution in [-0.2, 0) is 30.5 Å². The van der Waals surface area contributed by atoms with Gasteiger partial charge in [0.2, 0.25) is 11.8 Å². The highest BCUT2D eigenvalue weighted by molar-refractivity contribution is 5.92. The molecule has 0 saturated carbocycles. The van der Waals surface area contributed by atoms with Crippen molar-refractivity contribution in [2.45, 2.75) is 91.7 Å². The van der Waals surface area contributed by atoms with Gasteiger partial charge in [0.15, 0.2) is 6.10 Å². The zero-order valence-electron chi connectivity index (χ0n) is 23.3. The Bertz CT molecular complexity index is 903. The summed E-state index contributed by atoms with van der Waals surface area (Å²) >= 11 is 0. The molecule has 1 aliphatic heterocycles. The molecule has 0 spiro atoms. The van der Waals surface area contributed by atoms with Crippen LogP contribution >= 0.6 is 0 Å². The second-order valence-corrected chi connectivity index (χ2v) is 10.7. The average molecular weight is 537 g/mol. The molecule has 2 amide bonds. The number of aliphatic hydroxyl groups excluding tert-OH is 2. The third-order valence-electron chi connectivity index (χ3n) is 6.14. The lowest BCUT2D eigenvalue weighted by molar-refractivity contribution is -0.155. The van der Waals surface area contributed by atoms with E-state index in [1.54, 1.807) is 27.7 Å². The lowest BCUT2D eigenvalue weighted by Gasteiger charge is -2.30. The van der Waals surface area contributed by atoms with E-state index >= 15 is 0 Å². The fourth-order valence-corrected chi connectivity index (χ4v) is 3.84. The monoisotopic (exact) mass is 536 g/mol. The molecule has 1 aromatic rings. The molecule has 2 rings (SSSR count). The van der Waals surface area contributed by atoms with Gasteiger partial charge in [0.25, 0.3) is 0 Å². The smallest absolute Gasteiger partial charge is 0.332 e. The first-order valence-electron chi connectivity index (χ1n) is 13.2. The van der Waals surface area contributed by atoms with Crippen LogP contribution in [0.4, 0.5) is 0 Å². The van der Waals surface area contributed by atoms with Gasteiger partial charge in [0, 0.05) is 6.54 Å². The van der Waals surface area contributed by atoms with Crippen LogP contribution in [0.15, 0.2) is 30.3 Å². The van der Waals surface area contributed by atoms with Crippen LogP contribution in [0.5, 0.6) is 0 Å². The van der Waals surface area contributed by atoms with Gasteiger partial charge in [0.1, 0.15) is 24.8 Å². The molecule has 0 unspecified atom stereocenters. The maximum atomic E-state index is 13.2. The minimum Gasteiger partial charge on any atom is -0.479 e. The Hall–Kier alpha value is -2.98. The van der Waals surface area contributed by atoms with Gasteiger partial charge in [-0.25, -0.2) is 9.59 Å². The summed E-state index contributed by atoms with van der Waals surface area (Å²) in [6.45, 7) is 11.3. The Morgan fingerprint density at radius 3 is 2.03 bits per heavy atom. The maximum absolute atomic E-state index is 13.2. The van der Waals surface area contributed by atoms with Gasteiger partial charge >= 0.3 is 11.9 Å². The average Bonchev–Trinajstić information content (AvgIpc) is 3.36. The Balaban J connectivity index is 0.000000781. The molecule has 1 heterocycles. The zero-order valence-corrected chi connectivity index (χ0v) is 23.3. The Labute approximate surface area is 225 Å². The lowest BCUT2D eigenvalue weighted by Crippen LogP contribution is -2.54. The summed E-state index contributed by atoms with van der Waals surface area (Å²) in [6.07, 6.45) is -0.727. The van der Waals surface area contributed by atoms with Crippen LogP contribution in [0.3, 0.4) is 0 Å². The van der Waals surface area contributed by atoms with Crippen molar-refractivity contribution in [2.75, 3.05) is 6.54 Å². The maximum Gasteiger partial charge on any atom is 0.332 e. The molecule has 38 heavy (non-hydrogen) atoms. The van der Waals surface area contributed by atoms with Crippen LogP contribution in [-0.4, -0.2) is 74.8 Å². The predicted molar refractivity (Wildman–Crippen MR) is 142 cm³/mol. The number of hydrogen-bond donors (Lipinski definition) is 4. The molecular formula is C28H44N2O8. The molecule has 1 saturated heterocycles. The van der Waals surface area contributed by atoms with E-state index in [1.807, 2.05) is 44.2 Å². The molecule has 0 bridgehead atoms. The number of carboxylic acid groups (broad SMARTS) is 1. The zero-order chi connectivity index (χ0) is 29.0. The van der Waals surface area contributed by atoms with Crippen LogP contribution < -0.4 is 5.32 Å². The number of rotatable bonds is 11. The van der Waals surface area contributed by atoms with Gasteiger partial charge in [-0.3, -0.25) is 9.59 Å². The van der Waals surface area contributed by atoms with Gasteiger partial charge in [-0.05, 0) is 42.6 Å². The van der Waals surface area contributed by atoms with Gasteiger partial charge in [0.05, 0.1) is 0 Å². The van der Waals surface area contributed by atoms with Crippen molar-refractivity contribution in [3.63, 3.8) is 0 Å². The van der Waals surface area contributed by atoms with Gasteiger partial charge in [-0.2, -0.15) is 0 Å². The SMILES string of the molecule is CC(C)C[C@H](NC(=O)[C@@H](O)C(C)C)C(=O)N1CCC[C@H]1C(=O)OCc1ccccc1.CC(C)[C@H](O)C(=O)O. The molecule has 0 aliphatic carbocycles. The quantitative estimate of drug-likeness (QED) is 0.314.